The first-order valence-corrected chi connectivity index (χ1v) is 5.84. The summed E-state index contributed by atoms with van der Waals surface area (Å²) in [5.41, 5.74) is 3.58. The normalized spacial score (nSPS) is 14.4. The maximum atomic E-state index is 11.9. The third-order valence-electron chi connectivity index (χ3n) is 2.69. The van der Waals surface area contributed by atoms with E-state index in [0.717, 1.165) is 0 Å². The second-order valence-electron chi connectivity index (χ2n) is 4.18. The van der Waals surface area contributed by atoms with Crippen LogP contribution in [0.25, 0.3) is 0 Å². The minimum atomic E-state index is -0.374. The van der Waals surface area contributed by atoms with Gasteiger partial charge in [-0.25, -0.2) is 5.43 Å². The first-order valence-electron chi connectivity index (χ1n) is 5.84. The lowest BCUT2D eigenvalue weighted by molar-refractivity contribution is -0.121. The highest BCUT2D eigenvalue weighted by molar-refractivity contribution is 6.43. The van der Waals surface area contributed by atoms with E-state index >= 15 is 0 Å². The number of rotatable bonds is 3. The average Bonchev–Trinajstić information content (AvgIpc) is 2.39. The second-order valence-corrected chi connectivity index (χ2v) is 4.18. The Bertz CT molecular complexity index is 578. The van der Waals surface area contributed by atoms with Gasteiger partial charge in [0.15, 0.2) is 5.78 Å². The number of carbonyl (C=O) groups excluding carboxylic acids is 3. The van der Waals surface area contributed by atoms with Crippen molar-refractivity contribution in [3.05, 3.63) is 29.8 Å². The molecule has 1 aromatic rings. The predicted octanol–water partition coefficient (Wildman–Crippen LogP) is 1.09. The van der Waals surface area contributed by atoms with Gasteiger partial charge in [-0.15, -0.1) is 0 Å². The van der Waals surface area contributed by atoms with Crippen LogP contribution in [0.3, 0.4) is 0 Å². The number of benzene rings is 1. The summed E-state index contributed by atoms with van der Waals surface area (Å²) in [5, 5.41) is 6.35. The average molecular weight is 259 g/mol. The van der Waals surface area contributed by atoms with Crippen molar-refractivity contribution in [1.82, 2.24) is 5.43 Å². The van der Waals surface area contributed by atoms with Gasteiger partial charge < -0.3 is 5.32 Å². The molecule has 6 heteroatoms. The number of carbonyl (C=O) groups is 3. The Kier molecular flexibility index (Phi) is 3.70. The molecule has 98 valence electrons. The van der Waals surface area contributed by atoms with Gasteiger partial charge >= 0.3 is 0 Å². The van der Waals surface area contributed by atoms with Crippen molar-refractivity contribution in [1.29, 1.82) is 0 Å². The van der Waals surface area contributed by atoms with E-state index in [9.17, 15) is 14.4 Å². The van der Waals surface area contributed by atoms with Gasteiger partial charge in [0.25, 0.3) is 5.91 Å². The van der Waals surface area contributed by atoms with Gasteiger partial charge in [0.05, 0.1) is 0 Å². The summed E-state index contributed by atoms with van der Waals surface area (Å²) in [6, 6.07) is 6.65. The fraction of sp³-hybridized carbons (Fsp3) is 0.231. The lowest BCUT2D eigenvalue weighted by atomic mass is 10.1. The summed E-state index contributed by atoms with van der Waals surface area (Å²) in [4.78, 5) is 34.0. The summed E-state index contributed by atoms with van der Waals surface area (Å²) in [7, 11) is 0. The zero-order chi connectivity index (χ0) is 13.8. The van der Waals surface area contributed by atoms with E-state index < -0.39 is 0 Å². The van der Waals surface area contributed by atoms with Crippen LogP contribution in [-0.4, -0.2) is 23.3 Å². The number of hydrazone groups is 1. The van der Waals surface area contributed by atoms with Crippen LogP contribution in [0.5, 0.6) is 0 Å². The van der Waals surface area contributed by atoms with Crippen LogP contribution in [-0.2, 0) is 9.59 Å². The van der Waals surface area contributed by atoms with Gasteiger partial charge in [-0.2, -0.15) is 5.10 Å². The Morgan fingerprint density at radius 3 is 2.74 bits per heavy atom. The highest BCUT2D eigenvalue weighted by atomic mass is 16.2. The number of amides is 2. The van der Waals surface area contributed by atoms with E-state index in [4.69, 9.17) is 0 Å². The van der Waals surface area contributed by atoms with Gasteiger partial charge in [-0.05, 0) is 19.1 Å². The lowest BCUT2D eigenvalue weighted by Crippen LogP contribution is -2.32. The zero-order valence-electron chi connectivity index (χ0n) is 10.4. The highest BCUT2D eigenvalue weighted by Gasteiger charge is 2.18. The molecule has 1 aliphatic rings. The number of nitrogens with zero attached hydrogens (tertiary/aromatic N) is 1. The molecule has 0 saturated heterocycles. The molecule has 0 aliphatic carbocycles. The first kappa shape index (κ1) is 12.9. The Morgan fingerprint density at radius 1 is 1.32 bits per heavy atom. The molecule has 0 radical (unpaired) electrons. The van der Waals surface area contributed by atoms with Crippen LogP contribution in [0.1, 0.15) is 30.1 Å². The molecule has 0 fully saturated rings. The molecular weight excluding hydrogens is 246 g/mol. The summed E-state index contributed by atoms with van der Waals surface area (Å²) in [5.74, 6) is -0.644. The lowest BCUT2D eigenvalue weighted by Gasteiger charge is -2.12. The molecule has 0 saturated carbocycles. The monoisotopic (exact) mass is 259 g/mol. The fourth-order valence-electron chi connectivity index (χ4n) is 1.66. The predicted molar refractivity (Wildman–Crippen MR) is 69.9 cm³/mol. The van der Waals surface area contributed by atoms with E-state index in [1.807, 2.05) is 0 Å². The topological polar surface area (TPSA) is 87.6 Å². The van der Waals surface area contributed by atoms with Crippen molar-refractivity contribution in [3.63, 3.8) is 0 Å². The second kappa shape index (κ2) is 5.43. The van der Waals surface area contributed by atoms with Crippen molar-refractivity contribution in [2.75, 3.05) is 5.32 Å². The minimum absolute atomic E-state index is 0.0710. The molecule has 1 aromatic carbocycles. The van der Waals surface area contributed by atoms with Crippen LogP contribution < -0.4 is 10.7 Å². The van der Waals surface area contributed by atoms with Gasteiger partial charge in [-0.1, -0.05) is 12.1 Å². The van der Waals surface area contributed by atoms with Crippen molar-refractivity contribution in [3.8, 4) is 0 Å². The molecule has 1 aliphatic heterocycles. The number of hydrogen-bond donors (Lipinski definition) is 2. The van der Waals surface area contributed by atoms with Gasteiger partial charge in [0.2, 0.25) is 5.91 Å². The maximum Gasteiger partial charge on any atom is 0.271 e. The molecule has 0 aromatic heterocycles. The number of nitrogens with one attached hydrogen (secondary N) is 2. The summed E-state index contributed by atoms with van der Waals surface area (Å²) < 4.78 is 0. The third kappa shape index (κ3) is 3.25. The quantitative estimate of drug-likeness (QED) is 0.796. The van der Waals surface area contributed by atoms with Crippen molar-refractivity contribution in [2.45, 2.75) is 19.8 Å². The Hall–Kier alpha value is -2.50. The molecule has 1 heterocycles. The number of anilines is 1. The standard InChI is InChI=1S/C13H13N3O3/c1-8(17)9-3-2-4-10(7-9)14-13(19)11-5-6-12(18)16-15-11/h2-4,7H,5-6H2,1H3,(H,14,19)(H,16,18). The van der Waals surface area contributed by atoms with E-state index in [1.165, 1.54) is 6.92 Å². The number of ketones is 1. The van der Waals surface area contributed by atoms with Crippen LogP contribution in [0.4, 0.5) is 5.69 Å². The van der Waals surface area contributed by atoms with Gasteiger partial charge in [0, 0.05) is 24.1 Å². The molecule has 0 bridgehead atoms. The molecular formula is C13H13N3O3. The molecule has 0 atom stereocenters. The fourth-order valence-corrected chi connectivity index (χ4v) is 1.66. The third-order valence-corrected chi connectivity index (χ3v) is 2.69. The minimum Gasteiger partial charge on any atom is -0.321 e. The Balaban J connectivity index is 2.09. The molecule has 2 rings (SSSR count). The maximum absolute atomic E-state index is 11.9. The Morgan fingerprint density at radius 2 is 2.11 bits per heavy atom. The van der Waals surface area contributed by atoms with Gasteiger partial charge in [-0.3, -0.25) is 14.4 Å². The smallest absolute Gasteiger partial charge is 0.271 e. The highest BCUT2D eigenvalue weighted by Crippen LogP contribution is 2.12. The van der Waals surface area contributed by atoms with Crippen LogP contribution in [0, 0.1) is 0 Å². The van der Waals surface area contributed by atoms with Crippen molar-refractivity contribution >= 4 is 29.0 Å². The van der Waals surface area contributed by atoms with E-state index in [0.29, 0.717) is 17.7 Å². The van der Waals surface area contributed by atoms with Crippen LogP contribution in [0.15, 0.2) is 29.4 Å². The number of hydrogen-bond acceptors (Lipinski definition) is 4. The molecule has 2 amide bonds. The largest absolute Gasteiger partial charge is 0.321 e. The molecule has 0 spiro atoms. The van der Waals surface area contributed by atoms with E-state index in [-0.39, 0.29) is 29.7 Å². The van der Waals surface area contributed by atoms with Crippen molar-refractivity contribution < 1.29 is 14.4 Å². The zero-order valence-corrected chi connectivity index (χ0v) is 10.4. The van der Waals surface area contributed by atoms with E-state index in [2.05, 4.69) is 15.8 Å². The SMILES string of the molecule is CC(=O)c1cccc(NC(=O)C2=NNC(=O)CC2)c1. The van der Waals surface area contributed by atoms with Crippen LogP contribution in [0.2, 0.25) is 0 Å². The van der Waals surface area contributed by atoms with E-state index in [1.54, 1.807) is 24.3 Å². The van der Waals surface area contributed by atoms with Gasteiger partial charge in [0.1, 0.15) is 5.71 Å². The van der Waals surface area contributed by atoms with Crippen molar-refractivity contribution in [2.24, 2.45) is 5.10 Å². The first-order chi connectivity index (χ1) is 9.06. The molecule has 2 N–H and O–H groups in total. The summed E-state index contributed by atoms with van der Waals surface area (Å²) >= 11 is 0. The molecule has 0 unspecified atom stereocenters. The number of Topliss-reactive ketones (excluding diaryl/α,β-unsaturated/α-hetero) is 1. The molecule has 19 heavy (non-hydrogen) atoms. The molecule has 6 nitrogen and oxygen atoms in total. The Labute approximate surface area is 109 Å². The van der Waals surface area contributed by atoms with Crippen LogP contribution >= 0.6 is 0 Å². The summed E-state index contributed by atoms with van der Waals surface area (Å²) in [6.07, 6.45) is 0.559. The summed E-state index contributed by atoms with van der Waals surface area (Å²) in [6.45, 7) is 1.46.